The molecule has 17 heavy (non-hydrogen) atoms. The van der Waals surface area contributed by atoms with Crippen molar-refractivity contribution in [2.75, 3.05) is 11.9 Å². The molecule has 0 amide bonds. The van der Waals surface area contributed by atoms with Crippen molar-refractivity contribution in [2.24, 2.45) is 5.41 Å². The lowest BCUT2D eigenvalue weighted by Gasteiger charge is -2.51. The monoisotopic (exact) mass is 229 g/mol. The molecule has 2 aliphatic rings. The molecule has 1 saturated carbocycles. The van der Waals surface area contributed by atoms with E-state index >= 15 is 0 Å². The van der Waals surface area contributed by atoms with Crippen molar-refractivity contribution in [1.29, 1.82) is 0 Å². The second-order valence-corrected chi connectivity index (χ2v) is 6.62. The Bertz CT molecular complexity index is 449. The summed E-state index contributed by atoms with van der Waals surface area (Å²) in [7, 11) is 2.27. The van der Waals surface area contributed by atoms with Crippen LogP contribution in [0.2, 0.25) is 0 Å². The molecule has 1 fully saturated rings. The molecule has 0 bridgehead atoms. The summed E-state index contributed by atoms with van der Waals surface area (Å²) in [6.45, 7) is 7.39. The highest BCUT2D eigenvalue weighted by molar-refractivity contribution is 5.64. The molecule has 1 heteroatoms. The molecule has 0 unspecified atom stereocenters. The Labute approximate surface area is 105 Å². The summed E-state index contributed by atoms with van der Waals surface area (Å²) in [5, 5.41) is 0. The molecule has 2 atom stereocenters. The van der Waals surface area contributed by atoms with Crippen LogP contribution in [0.1, 0.15) is 45.6 Å². The summed E-state index contributed by atoms with van der Waals surface area (Å²) in [6.07, 6.45) is 4.05. The van der Waals surface area contributed by atoms with Crippen LogP contribution in [0.4, 0.5) is 5.69 Å². The molecule has 0 saturated heterocycles. The van der Waals surface area contributed by atoms with Gasteiger partial charge in [-0.25, -0.2) is 0 Å². The third-order valence-electron chi connectivity index (χ3n) is 5.66. The van der Waals surface area contributed by atoms with E-state index in [0.29, 0.717) is 16.9 Å². The van der Waals surface area contributed by atoms with Crippen LogP contribution in [0.15, 0.2) is 24.3 Å². The van der Waals surface area contributed by atoms with Crippen LogP contribution in [0.5, 0.6) is 0 Å². The predicted octanol–water partition coefficient (Wildman–Crippen LogP) is 3.97. The first-order valence-electron chi connectivity index (χ1n) is 6.81. The van der Waals surface area contributed by atoms with Crippen LogP contribution >= 0.6 is 0 Å². The number of fused-ring (bicyclic) bond motifs is 3. The second kappa shape index (κ2) is 3.28. The highest BCUT2D eigenvalue weighted by Crippen LogP contribution is 2.59. The van der Waals surface area contributed by atoms with Crippen molar-refractivity contribution in [3.63, 3.8) is 0 Å². The molecular formula is C16H23N. The molecule has 1 aliphatic carbocycles. The van der Waals surface area contributed by atoms with Gasteiger partial charge in [0, 0.05) is 24.2 Å². The van der Waals surface area contributed by atoms with Crippen molar-refractivity contribution in [3.05, 3.63) is 29.8 Å². The number of benzene rings is 1. The van der Waals surface area contributed by atoms with Gasteiger partial charge in [0.25, 0.3) is 0 Å². The van der Waals surface area contributed by atoms with Gasteiger partial charge in [-0.3, -0.25) is 0 Å². The maximum atomic E-state index is 2.52. The summed E-state index contributed by atoms with van der Waals surface area (Å²) in [5.41, 5.74) is 3.74. The fourth-order valence-electron chi connectivity index (χ4n) is 4.25. The maximum absolute atomic E-state index is 2.52. The first-order chi connectivity index (χ1) is 7.98. The minimum atomic E-state index is 0.316. The van der Waals surface area contributed by atoms with E-state index in [-0.39, 0.29) is 0 Å². The fourth-order valence-corrected chi connectivity index (χ4v) is 4.25. The Morgan fingerprint density at radius 1 is 1.18 bits per heavy atom. The number of hydrogen-bond donors (Lipinski definition) is 0. The summed E-state index contributed by atoms with van der Waals surface area (Å²) in [4.78, 5) is 2.52. The fraction of sp³-hybridized carbons (Fsp3) is 0.625. The molecule has 0 spiro atoms. The average molecular weight is 229 g/mol. The number of hydrogen-bond acceptors (Lipinski definition) is 1. The Morgan fingerprint density at radius 2 is 1.88 bits per heavy atom. The molecule has 1 aromatic carbocycles. The van der Waals surface area contributed by atoms with Crippen LogP contribution in [0, 0.1) is 5.41 Å². The third kappa shape index (κ3) is 1.20. The van der Waals surface area contributed by atoms with Gasteiger partial charge in [0.15, 0.2) is 0 Å². The molecule has 1 nitrogen and oxygen atoms in total. The lowest BCUT2D eigenvalue weighted by molar-refractivity contribution is 0.0958. The highest BCUT2D eigenvalue weighted by Gasteiger charge is 2.56. The lowest BCUT2D eigenvalue weighted by atomic mass is 9.55. The summed E-state index contributed by atoms with van der Waals surface area (Å²) < 4.78 is 0. The number of rotatable bonds is 0. The van der Waals surface area contributed by atoms with E-state index in [1.165, 1.54) is 24.9 Å². The molecular weight excluding hydrogens is 206 g/mol. The van der Waals surface area contributed by atoms with Gasteiger partial charge in [-0.1, -0.05) is 45.4 Å². The molecule has 0 aromatic heterocycles. The van der Waals surface area contributed by atoms with Gasteiger partial charge in [0.05, 0.1) is 0 Å². The van der Waals surface area contributed by atoms with Crippen LogP contribution < -0.4 is 4.90 Å². The topological polar surface area (TPSA) is 3.24 Å². The zero-order valence-corrected chi connectivity index (χ0v) is 11.5. The summed E-state index contributed by atoms with van der Waals surface area (Å²) in [6, 6.07) is 9.69. The van der Waals surface area contributed by atoms with Gasteiger partial charge in [-0.15, -0.1) is 0 Å². The number of anilines is 1. The van der Waals surface area contributed by atoms with E-state index in [1.807, 2.05) is 0 Å². The van der Waals surface area contributed by atoms with Crippen molar-refractivity contribution in [1.82, 2.24) is 0 Å². The molecule has 0 radical (unpaired) electrons. The van der Waals surface area contributed by atoms with Gasteiger partial charge in [-0.2, -0.15) is 0 Å². The van der Waals surface area contributed by atoms with Gasteiger partial charge in [0.2, 0.25) is 0 Å². The summed E-state index contributed by atoms with van der Waals surface area (Å²) >= 11 is 0. The van der Waals surface area contributed by atoms with E-state index in [1.54, 1.807) is 5.56 Å². The van der Waals surface area contributed by atoms with Crippen molar-refractivity contribution in [2.45, 2.75) is 51.5 Å². The smallest absolute Gasteiger partial charge is 0.0405 e. The van der Waals surface area contributed by atoms with Crippen molar-refractivity contribution < 1.29 is 0 Å². The SMILES string of the molecule is CN1c2ccccc2[C@]2(C)[C@H]1CCCC2(C)C. The van der Waals surface area contributed by atoms with E-state index in [4.69, 9.17) is 0 Å². The predicted molar refractivity (Wildman–Crippen MR) is 73.6 cm³/mol. The number of likely N-dealkylation sites (N-methyl/N-ethyl adjacent to an activating group) is 1. The maximum Gasteiger partial charge on any atom is 0.0405 e. The summed E-state index contributed by atoms with van der Waals surface area (Å²) in [5.74, 6) is 0. The van der Waals surface area contributed by atoms with Gasteiger partial charge in [-0.05, 0) is 29.9 Å². The Kier molecular flexibility index (Phi) is 2.14. The van der Waals surface area contributed by atoms with Gasteiger partial charge in [0.1, 0.15) is 0 Å². The number of para-hydroxylation sites is 1. The van der Waals surface area contributed by atoms with E-state index in [2.05, 4.69) is 57.0 Å². The van der Waals surface area contributed by atoms with Crippen LogP contribution in [0.25, 0.3) is 0 Å². The van der Waals surface area contributed by atoms with Gasteiger partial charge < -0.3 is 4.90 Å². The van der Waals surface area contributed by atoms with Crippen LogP contribution in [0.3, 0.4) is 0 Å². The zero-order chi connectivity index (χ0) is 12.3. The molecule has 1 aliphatic heterocycles. The standard InChI is InChI=1S/C16H23N/c1-15(2)11-7-10-14-16(15,3)12-8-5-6-9-13(12)17(14)4/h5-6,8-9,14H,7,10-11H2,1-4H3/t14-,16-/m1/s1. The van der Waals surface area contributed by atoms with Crippen LogP contribution in [-0.2, 0) is 5.41 Å². The Balaban J connectivity index is 2.23. The third-order valence-corrected chi connectivity index (χ3v) is 5.66. The van der Waals surface area contributed by atoms with Crippen LogP contribution in [-0.4, -0.2) is 13.1 Å². The minimum Gasteiger partial charge on any atom is -0.370 e. The molecule has 1 aromatic rings. The molecule has 1 heterocycles. The normalized spacial score (nSPS) is 34.4. The Hall–Kier alpha value is -0.980. The minimum absolute atomic E-state index is 0.316. The highest BCUT2D eigenvalue weighted by atomic mass is 15.2. The largest absolute Gasteiger partial charge is 0.370 e. The van der Waals surface area contributed by atoms with Gasteiger partial charge >= 0.3 is 0 Å². The van der Waals surface area contributed by atoms with Crippen molar-refractivity contribution in [3.8, 4) is 0 Å². The first-order valence-corrected chi connectivity index (χ1v) is 6.81. The van der Waals surface area contributed by atoms with E-state index in [9.17, 15) is 0 Å². The second-order valence-electron chi connectivity index (χ2n) is 6.62. The van der Waals surface area contributed by atoms with E-state index < -0.39 is 0 Å². The zero-order valence-electron chi connectivity index (χ0n) is 11.5. The molecule has 92 valence electrons. The number of nitrogens with zero attached hydrogens (tertiary/aromatic N) is 1. The van der Waals surface area contributed by atoms with E-state index in [0.717, 1.165) is 0 Å². The first kappa shape index (κ1) is 11.1. The Morgan fingerprint density at radius 3 is 2.65 bits per heavy atom. The van der Waals surface area contributed by atoms with Crippen molar-refractivity contribution >= 4 is 5.69 Å². The molecule has 0 N–H and O–H groups in total. The molecule has 3 rings (SSSR count). The lowest BCUT2D eigenvalue weighted by Crippen LogP contribution is -2.53. The quantitative estimate of drug-likeness (QED) is 0.650. The average Bonchev–Trinajstić information content (AvgIpc) is 2.53.